The lowest BCUT2D eigenvalue weighted by atomic mass is 9.89. The molecule has 0 bridgehead atoms. The van der Waals surface area contributed by atoms with Crippen molar-refractivity contribution >= 4 is 11.7 Å². The molecule has 1 aliphatic heterocycles. The molecule has 3 unspecified atom stereocenters. The second kappa shape index (κ2) is 7.01. The first-order valence-electron chi connectivity index (χ1n) is 7.74. The molecule has 0 saturated carbocycles. The average molecular weight is 306 g/mol. The molecule has 3 atom stereocenters. The van der Waals surface area contributed by atoms with E-state index in [0.29, 0.717) is 18.7 Å². The number of benzene rings is 1. The third-order valence-electron chi connectivity index (χ3n) is 4.41. The Morgan fingerprint density at radius 2 is 1.91 bits per heavy atom. The van der Waals surface area contributed by atoms with Gasteiger partial charge in [-0.25, -0.2) is 4.39 Å². The van der Waals surface area contributed by atoms with Crippen molar-refractivity contribution in [1.29, 1.82) is 0 Å². The van der Waals surface area contributed by atoms with Crippen molar-refractivity contribution in [2.75, 3.05) is 13.1 Å². The van der Waals surface area contributed by atoms with E-state index in [-0.39, 0.29) is 35.4 Å². The van der Waals surface area contributed by atoms with Crippen LogP contribution in [0.15, 0.2) is 24.3 Å². The molecule has 1 aliphatic rings. The van der Waals surface area contributed by atoms with Crippen LogP contribution in [0.4, 0.5) is 4.39 Å². The third kappa shape index (κ3) is 3.71. The van der Waals surface area contributed by atoms with E-state index in [2.05, 4.69) is 0 Å². The van der Waals surface area contributed by atoms with Gasteiger partial charge in [-0.1, -0.05) is 6.92 Å². The molecular formula is C17H23FN2O2. The van der Waals surface area contributed by atoms with Crippen molar-refractivity contribution in [3.8, 4) is 0 Å². The Hall–Kier alpha value is -1.75. The Labute approximate surface area is 130 Å². The molecule has 0 aromatic heterocycles. The van der Waals surface area contributed by atoms with Gasteiger partial charge in [-0.05, 0) is 44.0 Å². The van der Waals surface area contributed by atoms with Crippen molar-refractivity contribution in [3.63, 3.8) is 0 Å². The molecule has 4 nitrogen and oxygen atoms in total. The molecule has 1 heterocycles. The average Bonchev–Trinajstić information content (AvgIpc) is 2.53. The number of carbonyl (C=O) groups excluding carboxylic acids is 2. The summed E-state index contributed by atoms with van der Waals surface area (Å²) in [6.07, 6.45) is 1.56. The standard InChI is InChI=1S/C17H23FN2O2/c1-11(12(2)19)17(22)20-9-3-4-14(10-20)16(21)13-5-7-15(18)8-6-13/h5-8,11-12,14H,3-4,9-10,19H2,1-2H3. The van der Waals surface area contributed by atoms with Crippen LogP contribution in [0, 0.1) is 17.7 Å². The first-order valence-corrected chi connectivity index (χ1v) is 7.74. The monoisotopic (exact) mass is 306 g/mol. The van der Waals surface area contributed by atoms with Crippen LogP contribution >= 0.6 is 0 Å². The summed E-state index contributed by atoms with van der Waals surface area (Å²) in [6, 6.07) is 5.38. The van der Waals surface area contributed by atoms with E-state index in [9.17, 15) is 14.0 Å². The van der Waals surface area contributed by atoms with Gasteiger partial charge in [-0.3, -0.25) is 9.59 Å². The Bertz CT molecular complexity index is 542. The fourth-order valence-corrected chi connectivity index (χ4v) is 2.75. The number of amides is 1. The maximum Gasteiger partial charge on any atom is 0.226 e. The topological polar surface area (TPSA) is 63.4 Å². The minimum atomic E-state index is -0.359. The Kier molecular flexibility index (Phi) is 5.29. The molecule has 22 heavy (non-hydrogen) atoms. The third-order valence-corrected chi connectivity index (χ3v) is 4.41. The highest BCUT2D eigenvalue weighted by Crippen LogP contribution is 2.23. The zero-order chi connectivity index (χ0) is 16.3. The number of hydrogen-bond acceptors (Lipinski definition) is 3. The molecular weight excluding hydrogens is 283 g/mol. The van der Waals surface area contributed by atoms with Crippen molar-refractivity contribution in [2.45, 2.75) is 32.7 Å². The minimum Gasteiger partial charge on any atom is -0.342 e. The molecule has 1 aromatic carbocycles. The molecule has 1 amide bonds. The van der Waals surface area contributed by atoms with Crippen molar-refractivity contribution < 1.29 is 14.0 Å². The fourth-order valence-electron chi connectivity index (χ4n) is 2.75. The van der Waals surface area contributed by atoms with Gasteiger partial charge >= 0.3 is 0 Å². The van der Waals surface area contributed by atoms with Crippen LogP contribution in [0.3, 0.4) is 0 Å². The fraction of sp³-hybridized carbons (Fsp3) is 0.529. The quantitative estimate of drug-likeness (QED) is 0.868. The van der Waals surface area contributed by atoms with Crippen LogP contribution in [0.5, 0.6) is 0 Å². The number of nitrogens with zero attached hydrogens (tertiary/aromatic N) is 1. The highest BCUT2D eigenvalue weighted by atomic mass is 19.1. The molecule has 0 spiro atoms. The molecule has 120 valence electrons. The number of halogens is 1. The second-order valence-electron chi connectivity index (χ2n) is 6.14. The lowest BCUT2D eigenvalue weighted by Crippen LogP contribution is -2.47. The molecule has 1 saturated heterocycles. The number of hydrogen-bond donors (Lipinski definition) is 1. The summed E-state index contributed by atoms with van der Waals surface area (Å²) in [5.74, 6) is -0.844. The van der Waals surface area contributed by atoms with Gasteiger partial charge in [0, 0.05) is 30.6 Å². The minimum absolute atomic E-state index is 0.00612. The summed E-state index contributed by atoms with van der Waals surface area (Å²) in [6.45, 7) is 4.72. The number of nitrogens with two attached hydrogens (primary N) is 1. The van der Waals surface area contributed by atoms with Crippen LogP contribution in [-0.2, 0) is 4.79 Å². The summed E-state index contributed by atoms with van der Waals surface area (Å²) < 4.78 is 12.9. The van der Waals surface area contributed by atoms with E-state index in [1.54, 1.807) is 4.90 Å². The number of likely N-dealkylation sites (tertiary alicyclic amines) is 1. The van der Waals surface area contributed by atoms with Crippen LogP contribution < -0.4 is 5.73 Å². The van der Waals surface area contributed by atoms with E-state index >= 15 is 0 Å². The molecule has 2 rings (SSSR count). The van der Waals surface area contributed by atoms with Gasteiger partial charge in [0.1, 0.15) is 5.82 Å². The molecule has 1 aromatic rings. The Morgan fingerprint density at radius 1 is 1.27 bits per heavy atom. The lowest BCUT2D eigenvalue weighted by Gasteiger charge is -2.34. The van der Waals surface area contributed by atoms with Gasteiger partial charge in [0.2, 0.25) is 5.91 Å². The van der Waals surface area contributed by atoms with Crippen LogP contribution in [-0.4, -0.2) is 35.7 Å². The van der Waals surface area contributed by atoms with E-state index < -0.39 is 0 Å². The summed E-state index contributed by atoms with van der Waals surface area (Å²) in [5.41, 5.74) is 6.29. The number of piperidine rings is 1. The zero-order valence-electron chi connectivity index (χ0n) is 13.1. The lowest BCUT2D eigenvalue weighted by molar-refractivity contribution is -0.136. The molecule has 0 aliphatic carbocycles. The van der Waals surface area contributed by atoms with Gasteiger partial charge in [0.25, 0.3) is 0 Å². The maximum absolute atomic E-state index is 12.9. The largest absolute Gasteiger partial charge is 0.342 e. The molecule has 0 radical (unpaired) electrons. The summed E-state index contributed by atoms with van der Waals surface area (Å²) in [5, 5.41) is 0. The Morgan fingerprint density at radius 3 is 2.50 bits per heavy atom. The van der Waals surface area contributed by atoms with Gasteiger partial charge < -0.3 is 10.6 Å². The smallest absolute Gasteiger partial charge is 0.226 e. The van der Waals surface area contributed by atoms with Gasteiger partial charge in [0.15, 0.2) is 5.78 Å². The number of carbonyl (C=O) groups is 2. The number of ketones is 1. The van der Waals surface area contributed by atoms with E-state index in [1.807, 2.05) is 13.8 Å². The normalized spacial score (nSPS) is 21.3. The zero-order valence-corrected chi connectivity index (χ0v) is 13.1. The maximum atomic E-state index is 12.9. The predicted molar refractivity (Wildman–Crippen MR) is 82.8 cm³/mol. The van der Waals surface area contributed by atoms with E-state index in [0.717, 1.165) is 12.8 Å². The van der Waals surface area contributed by atoms with E-state index in [4.69, 9.17) is 5.73 Å². The summed E-state index contributed by atoms with van der Waals surface area (Å²) in [7, 11) is 0. The summed E-state index contributed by atoms with van der Waals surface area (Å²) in [4.78, 5) is 26.6. The molecule has 2 N–H and O–H groups in total. The van der Waals surface area contributed by atoms with Gasteiger partial charge in [-0.2, -0.15) is 0 Å². The number of rotatable bonds is 4. The highest BCUT2D eigenvalue weighted by molar-refractivity contribution is 5.98. The summed E-state index contributed by atoms with van der Waals surface area (Å²) >= 11 is 0. The first kappa shape index (κ1) is 16.6. The van der Waals surface area contributed by atoms with Gasteiger partial charge in [-0.15, -0.1) is 0 Å². The first-order chi connectivity index (χ1) is 10.4. The predicted octanol–water partition coefficient (Wildman–Crippen LogP) is 2.23. The van der Waals surface area contributed by atoms with Crippen LogP contribution in [0.25, 0.3) is 0 Å². The van der Waals surface area contributed by atoms with E-state index in [1.165, 1.54) is 24.3 Å². The van der Waals surface area contributed by atoms with Crippen molar-refractivity contribution in [1.82, 2.24) is 4.90 Å². The Balaban J connectivity index is 2.05. The van der Waals surface area contributed by atoms with Gasteiger partial charge in [0.05, 0.1) is 5.92 Å². The van der Waals surface area contributed by atoms with Crippen molar-refractivity contribution in [2.24, 2.45) is 17.6 Å². The molecule has 5 heteroatoms. The SMILES string of the molecule is CC(N)C(C)C(=O)N1CCCC(C(=O)c2ccc(F)cc2)C1. The highest BCUT2D eigenvalue weighted by Gasteiger charge is 2.31. The van der Waals surface area contributed by atoms with Crippen LogP contribution in [0.1, 0.15) is 37.0 Å². The second-order valence-corrected chi connectivity index (χ2v) is 6.14. The van der Waals surface area contributed by atoms with Crippen molar-refractivity contribution in [3.05, 3.63) is 35.6 Å². The number of Topliss-reactive ketones (excluding diaryl/α,β-unsaturated/α-hetero) is 1. The molecule has 1 fully saturated rings. The van der Waals surface area contributed by atoms with Crippen LogP contribution in [0.2, 0.25) is 0 Å².